The largest absolute Gasteiger partial charge is 0.480 e. The summed E-state index contributed by atoms with van der Waals surface area (Å²) in [6.07, 6.45) is 0. The van der Waals surface area contributed by atoms with Gasteiger partial charge in [0.25, 0.3) is 5.91 Å². The standard InChI is InChI=1S/C15H19BrClNO4/c1-9(2)10(3)18-14(19)7-22-15(20)8-21-13-5-4-11(16)6-12(13)17/h4-6,9-10H,7-8H2,1-3H3,(H,18,19)/t10-/m1/s1. The summed E-state index contributed by atoms with van der Waals surface area (Å²) in [4.78, 5) is 23.1. The number of halogens is 2. The van der Waals surface area contributed by atoms with Gasteiger partial charge in [0.2, 0.25) is 0 Å². The molecule has 0 aliphatic heterocycles. The van der Waals surface area contributed by atoms with Crippen molar-refractivity contribution in [3.8, 4) is 5.75 Å². The molecule has 0 saturated carbocycles. The lowest BCUT2D eigenvalue weighted by Crippen LogP contribution is -2.39. The Kier molecular flexibility index (Phi) is 7.68. The van der Waals surface area contributed by atoms with Gasteiger partial charge < -0.3 is 14.8 Å². The predicted octanol–water partition coefficient (Wildman–Crippen LogP) is 3.19. The van der Waals surface area contributed by atoms with E-state index in [2.05, 4.69) is 21.2 Å². The first kappa shape index (κ1) is 18.8. The number of amides is 1. The zero-order chi connectivity index (χ0) is 16.7. The van der Waals surface area contributed by atoms with Crippen molar-refractivity contribution in [1.29, 1.82) is 0 Å². The number of nitrogens with one attached hydrogen (secondary N) is 1. The molecule has 0 aromatic heterocycles. The minimum atomic E-state index is -0.633. The number of rotatable bonds is 7. The van der Waals surface area contributed by atoms with E-state index in [-0.39, 0.29) is 25.2 Å². The number of carbonyl (C=O) groups is 2. The van der Waals surface area contributed by atoms with Gasteiger partial charge in [0, 0.05) is 10.5 Å². The molecule has 0 bridgehead atoms. The fourth-order valence-corrected chi connectivity index (χ4v) is 2.11. The van der Waals surface area contributed by atoms with Crippen LogP contribution in [-0.2, 0) is 14.3 Å². The minimum Gasteiger partial charge on any atom is -0.480 e. The molecule has 1 N–H and O–H groups in total. The van der Waals surface area contributed by atoms with Gasteiger partial charge in [-0.1, -0.05) is 41.4 Å². The Morgan fingerprint density at radius 3 is 2.55 bits per heavy atom. The van der Waals surface area contributed by atoms with Crippen LogP contribution >= 0.6 is 27.5 Å². The van der Waals surface area contributed by atoms with Crippen LogP contribution in [0.2, 0.25) is 5.02 Å². The molecule has 0 aliphatic rings. The molecule has 0 radical (unpaired) electrons. The van der Waals surface area contributed by atoms with E-state index in [9.17, 15) is 9.59 Å². The summed E-state index contributed by atoms with van der Waals surface area (Å²) in [5.41, 5.74) is 0. The van der Waals surface area contributed by atoms with Crippen molar-refractivity contribution in [2.45, 2.75) is 26.8 Å². The number of hydrogen-bond donors (Lipinski definition) is 1. The van der Waals surface area contributed by atoms with Gasteiger partial charge in [0.1, 0.15) is 5.75 Å². The van der Waals surface area contributed by atoms with Gasteiger partial charge in [-0.15, -0.1) is 0 Å². The normalized spacial score (nSPS) is 11.9. The summed E-state index contributed by atoms with van der Waals surface area (Å²) < 4.78 is 10.9. The number of hydrogen-bond acceptors (Lipinski definition) is 4. The van der Waals surface area contributed by atoms with Gasteiger partial charge >= 0.3 is 5.97 Å². The monoisotopic (exact) mass is 391 g/mol. The van der Waals surface area contributed by atoms with Crippen LogP contribution in [0.4, 0.5) is 0 Å². The van der Waals surface area contributed by atoms with Crippen molar-refractivity contribution in [1.82, 2.24) is 5.32 Å². The molecule has 1 rings (SSSR count). The highest BCUT2D eigenvalue weighted by molar-refractivity contribution is 9.10. The quantitative estimate of drug-likeness (QED) is 0.724. The van der Waals surface area contributed by atoms with Crippen molar-refractivity contribution < 1.29 is 19.1 Å². The van der Waals surface area contributed by atoms with Gasteiger partial charge in [-0.2, -0.15) is 0 Å². The molecule has 0 saturated heterocycles. The van der Waals surface area contributed by atoms with Gasteiger partial charge in [0.05, 0.1) is 5.02 Å². The lowest BCUT2D eigenvalue weighted by molar-refractivity contribution is -0.150. The molecule has 0 spiro atoms. The zero-order valence-corrected chi connectivity index (χ0v) is 15.0. The van der Waals surface area contributed by atoms with Gasteiger partial charge in [-0.05, 0) is 31.0 Å². The molecule has 122 valence electrons. The van der Waals surface area contributed by atoms with Gasteiger partial charge in [-0.25, -0.2) is 4.79 Å². The lowest BCUT2D eigenvalue weighted by Gasteiger charge is -2.17. The molecule has 1 aromatic rings. The Hall–Kier alpha value is -1.27. The topological polar surface area (TPSA) is 64.6 Å². The smallest absolute Gasteiger partial charge is 0.344 e. The third-order valence-electron chi connectivity index (χ3n) is 2.99. The van der Waals surface area contributed by atoms with Crippen LogP contribution in [0.25, 0.3) is 0 Å². The van der Waals surface area contributed by atoms with Crippen molar-refractivity contribution in [3.05, 3.63) is 27.7 Å². The number of carbonyl (C=O) groups excluding carboxylic acids is 2. The van der Waals surface area contributed by atoms with Gasteiger partial charge in [-0.3, -0.25) is 4.79 Å². The fourth-order valence-electron chi connectivity index (χ4n) is 1.38. The first-order chi connectivity index (χ1) is 10.3. The summed E-state index contributed by atoms with van der Waals surface area (Å²) in [6, 6.07) is 5.05. The first-order valence-electron chi connectivity index (χ1n) is 6.82. The molecule has 5 nitrogen and oxygen atoms in total. The third-order valence-corrected chi connectivity index (χ3v) is 3.78. The summed E-state index contributed by atoms with van der Waals surface area (Å²) in [5.74, 6) is -0.287. The molecule has 1 atom stereocenters. The van der Waals surface area contributed by atoms with Crippen LogP contribution in [0.5, 0.6) is 5.75 Å². The lowest BCUT2D eigenvalue weighted by atomic mass is 10.1. The summed E-state index contributed by atoms with van der Waals surface area (Å²) in [5, 5.41) is 3.12. The summed E-state index contributed by atoms with van der Waals surface area (Å²) in [7, 11) is 0. The molecular formula is C15H19BrClNO4. The Labute approximate surface area is 143 Å². The molecule has 1 aromatic carbocycles. The van der Waals surface area contributed by atoms with E-state index < -0.39 is 5.97 Å². The Bertz CT molecular complexity index is 536. The van der Waals surface area contributed by atoms with Crippen LogP contribution in [-0.4, -0.2) is 31.1 Å². The maximum absolute atomic E-state index is 11.6. The number of benzene rings is 1. The molecule has 0 unspecified atom stereocenters. The second kappa shape index (κ2) is 9.00. The maximum atomic E-state index is 11.6. The van der Waals surface area contributed by atoms with E-state index >= 15 is 0 Å². The molecule has 0 fully saturated rings. The second-order valence-corrected chi connectivity index (χ2v) is 6.45. The molecule has 22 heavy (non-hydrogen) atoms. The van der Waals surface area contributed by atoms with Crippen LogP contribution in [0.3, 0.4) is 0 Å². The van der Waals surface area contributed by atoms with E-state index in [0.29, 0.717) is 16.7 Å². The van der Waals surface area contributed by atoms with E-state index in [0.717, 1.165) is 4.47 Å². The molecule has 1 amide bonds. The van der Waals surface area contributed by atoms with Crippen molar-refractivity contribution in [2.75, 3.05) is 13.2 Å². The number of ether oxygens (including phenoxy) is 2. The Balaban J connectivity index is 2.33. The van der Waals surface area contributed by atoms with Crippen LogP contribution < -0.4 is 10.1 Å². The van der Waals surface area contributed by atoms with Crippen molar-refractivity contribution in [2.24, 2.45) is 5.92 Å². The van der Waals surface area contributed by atoms with E-state index in [4.69, 9.17) is 21.1 Å². The van der Waals surface area contributed by atoms with Crippen LogP contribution in [0.15, 0.2) is 22.7 Å². The maximum Gasteiger partial charge on any atom is 0.344 e. The Morgan fingerprint density at radius 1 is 1.27 bits per heavy atom. The highest BCUT2D eigenvalue weighted by atomic mass is 79.9. The van der Waals surface area contributed by atoms with E-state index in [1.807, 2.05) is 20.8 Å². The molecular weight excluding hydrogens is 374 g/mol. The SMILES string of the molecule is CC(C)[C@@H](C)NC(=O)COC(=O)COc1ccc(Br)cc1Cl. The fraction of sp³-hybridized carbons (Fsp3) is 0.467. The second-order valence-electron chi connectivity index (χ2n) is 5.12. The van der Waals surface area contributed by atoms with E-state index in [1.54, 1.807) is 18.2 Å². The molecule has 0 aliphatic carbocycles. The van der Waals surface area contributed by atoms with Crippen LogP contribution in [0.1, 0.15) is 20.8 Å². The van der Waals surface area contributed by atoms with Crippen molar-refractivity contribution in [3.63, 3.8) is 0 Å². The number of esters is 1. The first-order valence-corrected chi connectivity index (χ1v) is 7.99. The average molecular weight is 393 g/mol. The Morgan fingerprint density at radius 2 is 1.95 bits per heavy atom. The predicted molar refractivity (Wildman–Crippen MR) is 88.0 cm³/mol. The zero-order valence-electron chi connectivity index (χ0n) is 12.7. The minimum absolute atomic E-state index is 0.0176. The van der Waals surface area contributed by atoms with E-state index in [1.165, 1.54) is 0 Å². The molecule has 0 heterocycles. The highest BCUT2D eigenvalue weighted by Gasteiger charge is 2.13. The van der Waals surface area contributed by atoms with Gasteiger partial charge in [0.15, 0.2) is 13.2 Å². The van der Waals surface area contributed by atoms with Crippen molar-refractivity contribution >= 4 is 39.4 Å². The highest BCUT2D eigenvalue weighted by Crippen LogP contribution is 2.27. The summed E-state index contributed by atoms with van der Waals surface area (Å²) in [6.45, 7) is 5.24. The van der Waals surface area contributed by atoms with Crippen LogP contribution in [0, 0.1) is 5.92 Å². The summed E-state index contributed by atoms with van der Waals surface area (Å²) >= 11 is 9.23. The molecule has 7 heteroatoms. The average Bonchev–Trinajstić information content (AvgIpc) is 2.44. The third kappa shape index (κ3) is 6.66.